The molecular weight excluding hydrogens is 502 g/mol. The minimum atomic E-state index is -4.00. The molecule has 0 aliphatic carbocycles. The third kappa shape index (κ3) is 29.6. The quantitative estimate of drug-likeness (QED) is 0.0769. The number of hydrogen-bond acceptors (Lipinski definition) is 2. The average molecular weight is 567 g/mol. The van der Waals surface area contributed by atoms with Crippen molar-refractivity contribution in [2.24, 2.45) is 0 Å². The zero-order valence-corrected chi connectivity index (χ0v) is 27.0. The number of nitrogens with zero attached hydrogens (tertiary/aromatic N) is 1. The summed E-state index contributed by atoms with van der Waals surface area (Å²) in [6, 6.07) is 8.86. The normalized spacial score (nSPS) is 12.0. The Bertz CT molecular complexity index is 749. The highest BCUT2D eigenvalue weighted by Crippen LogP contribution is 2.14. The highest BCUT2D eigenvalue weighted by Gasteiger charge is 2.13. The van der Waals surface area contributed by atoms with Crippen LogP contribution in [-0.4, -0.2) is 44.6 Å². The summed E-state index contributed by atoms with van der Waals surface area (Å²) in [6.45, 7) is 7.37. The Kier molecular flexibility index (Phi) is 25.0. The second-order valence-electron chi connectivity index (χ2n) is 12.0. The second kappa shape index (κ2) is 25.8. The van der Waals surface area contributed by atoms with Gasteiger partial charge < -0.3 is 4.48 Å². The SMILES string of the molecule is CCCCCCCCCCCC[N+](C)(C)CCCCCCCCCCCC.O=S(=O)(O)C=Cc1ccccc1. The molecule has 0 atom stereocenters. The van der Waals surface area contributed by atoms with Crippen molar-refractivity contribution in [3.8, 4) is 0 Å². The molecule has 0 saturated carbocycles. The van der Waals surface area contributed by atoms with E-state index in [9.17, 15) is 8.42 Å². The Morgan fingerprint density at radius 1 is 0.590 bits per heavy atom. The van der Waals surface area contributed by atoms with Crippen molar-refractivity contribution >= 4 is 16.2 Å². The summed E-state index contributed by atoms with van der Waals surface area (Å²) in [5.74, 6) is 0. The van der Waals surface area contributed by atoms with Crippen LogP contribution in [0.3, 0.4) is 0 Å². The zero-order chi connectivity index (χ0) is 29.1. The van der Waals surface area contributed by atoms with Crippen molar-refractivity contribution in [3.63, 3.8) is 0 Å². The Balaban J connectivity index is 0.000000992. The molecule has 0 spiro atoms. The van der Waals surface area contributed by atoms with Gasteiger partial charge in [0, 0.05) is 0 Å². The molecule has 1 aromatic rings. The minimum Gasteiger partial charge on any atom is -0.328 e. The van der Waals surface area contributed by atoms with Gasteiger partial charge in [-0.1, -0.05) is 147 Å². The van der Waals surface area contributed by atoms with Crippen LogP contribution in [-0.2, 0) is 10.1 Å². The molecule has 0 aromatic heterocycles. The molecule has 0 fully saturated rings. The van der Waals surface area contributed by atoms with Crippen LogP contribution in [0.25, 0.3) is 6.08 Å². The Labute approximate surface area is 244 Å². The summed E-state index contributed by atoms with van der Waals surface area (Å²) >= 11 is 0. The minimum absolute atomic E-state index is 0.732. The van der Waals surface area contributed by atoms with Crippen LogP contribution >= 0.6 is 0 Å². The van der Waals surface area contributed by atoms with Gasteiger partial charge in [0.15, 0.2) is 0 Å². The molecule has 0 heterocycles. The number of quaternary nitrogens is 1. The highest BCUT2D eigenvalue weighted by atomic mass is 32.2. The summed E-state index contributed by atoms with van der Waals surface area (Å²) in [6.07, 6.45) is 30.3. The van der Waals surface area contributed by atoms with Crippen molar-refractivity contribution in [2.75, 3.05) is 27.2 Å². The molecule has 5 heteroatoms. The van der Waals surface area contributed by atoms with E-state index in [4.69, 9.17) is 4.55 Å². The lowest BCUT2D eigenvalue weighted by Gasteiger charge is -2.30. The highest BCUT2D eigenvalue weighted by molar-refractivity contribution is 7.88. The molecule has 0 aliphatic rings. The van der Waals surface area contributed by atoms with Gasteiger partial charge in [0.25, 0.3) is 10.1 Å². The molecule has 228 valence electrons. The van der Waals surface area contributed by atoms with E-state index in [0.717, 1.165) is 11.0 Å². The van der Waals surface area contributed by atoms with E-state index in [1.807, 2.05) is 6.07 Å². The summed E-state index contributed by atoms with van der Waals surface area (Å²) < 4.78 is 30.2. The predicted octanol–water partition coefficient (Wildman–Crippen LogP) is 10.4. The number of benzene rings is 1. The lowest BCUT2D eigenvalue weighted by Crippen LogP contribution is -2.41. The largest absolute Gasteiger partial charge is 0.328 e. The fraction of sp³-hybridized carbons (Fsp3) is 0.765. The first-order valence-electron chi connectivity index (χ1n) is 16.2. The molecule has 1 rings (SSSR count). The van der Waals surface area contributed by atoms with Crippen molar-refractivity contribution in [1.29, 1.82) is 0 Å². The molecule has 0 bridgehead atoms. The molecule has 0 amide bonds. The Morgan fingerprint density at radius 2 is 0.923 bits per heavy atom. The van der Waals surface area contributed by atoms with E-state index in [1.165, 1.54) is 152 Å². The maximum absolute atomic E-state index is 10.3. The van der Waals surface area contributed by atoms with Gasteiger partial charge in [-0.2, -0.15) is 8.42 Å². The summed E-state index contributed by atoms with van der Waals surface area (Å²) in [5, 5.41) is 0.752. The predicted molar refractivity (Wildman–Crippen MR) is 173 cm³/mol. The first-order valence-corrected chi connectivity index (χ1v) is 17.7. The van der Waals surface area contributed by atoms with Gasteiger partial charge >= 0.3 is 0 Å². The molecule has 1 N–H and O–H groups in total. The van der Waals surface area contributed by atoms with E-state index in [-0.39, 0.29) is 0 Å². The lowest BCUT2D eigenvalue weighted by atomic mass is 10.1. The third-order valence-electron chi connectivity index (χ3n) is 7.47. The van der Waals surface area contributed by atoms with E-state index in [1.54, 1.807) is 24.3 Å². The van der Waals surface area contributed by atoms with E-state index < -0.39 is 10.1 Å². The van der Waals surface area contributed by atoms with Crippen molar-refractivity contribution in [2.45, 2.75) is 142 Å². The van der Waals surface area contributed by atoms with E-state index in [2.05, 4.69) is 27.9 Å². The van der Waals surface area contributed by atoms with Crippen molar-refractivity contribution in [1.82, 2.24) is 0 Å². The first kappa shape index (κ1) is 37.8. The molecule has 39 heavy (non-hydrogen) atoms. The lowest BCUT2D eigenvalue weighted by molar-refractivity contribution is -0.890. The Morgan fingerprint density at radius 3 is 1.26 bits per heavy atom. The molecule has 4 nitrogen and oxygen atoms in total. The van der Waals surface area contributed by atoms with Crippen LogP contribution in [0, 0.1) is 0 Å². The molecule has 1 aromatic carbocycles. The average Bonchev–Trinajstić information content (AvgIpc) is 2.90. The van der Waals surface area contributed by atoms with Crippen LogP contribution in [0.5, 0.6) is 0 Å². The van der Waals surface area contributed by atoms with Crippen LogP contribution in [0.15, 0.2) is 35.7 Å². The molecular formula is C34H64NO3S+. The maximum Gasteiger partial charge on any atom is 0.287 e. The number of unbranched alkanes of at least 4 members (excludes halogenated alkanes) is 18. The van der Waals surface area contributed by atoms with Gasteiger partial charge in [-0.15, -0.1) is 0 Å². The monoisotopic (exact) mass is 566 g/mol. The molecule has 0 unspecified atom stereocenters. The summed E-state index contributed by atoms with van der Waals surface area (Å²) in [5.41, 5.74) is 0.732. The van der Waals surface area contributed by atoms with Gasteiger partial charge in [0.05, 0.1) is 32.6 Å². The fourth-order valence-corrected chi connectivity index (χ4v) is 5.22. The smallest absolute Gasteiger partial charge is 0.287 e. The summed E-state index contributed by atoms with van der Waals surface area (Å²) in [7, 11) is 0.889. The Hall–Kier alpha value is -1.17. The summed E-state index contributed by atoms with van der Waals surface area (Å²) in [4.78, 5) is 0. The molecule has 0 aliphatic heterocycles. The van der Waals surface area contributed by atoms with Gasteiger partial charge in [-0.05, 0) is 37.3 Å². The van der Waals surface area contributed by atoms with Gasteiger partial charge in [0.1, 0.15) is 0 Å². The van der Waals surface area contributed by atoms with Crippen LogP contribution in [0.4, 0.5) is 0 Å². The van der Waals surface area contributed by atoms with Crippen LogP contribution < -0.4 is 0 Å². The molecule has 0 radical (unpaired) electrons. The van der Waals surface area contributed by atoms with E-state index in [0.29, 0.717) is 0 Å². The second-order valence-corrected chi connectivity index (χ2v) is 13.3. The fourth-order valence-electron chi connectivity index (χ4n) is 4.90. The maximum atomic E-state index is 10.3. The van der Waals surface area contributed by atoms with E-state index >= 15 is 0 Å². The first-order chi connectivity index (χ1) is 18.7. The van der Waals surface area contributed by atoms with Gasteiger partial charge in [-0.25, -0.2) is 0 Å². The number of hydrogen-bond donors (Lipinski definition) is 1. The zero-order valence-electron chi connectivity index (χ0n) is 26.2. The van der Waals surface area contributed by atoms with Crippen molar-refractivity contribution < 1.29 is 17.5 Å². The number of rotatable bonds is 24. The van der Waals surface area contributed by atoms with Gasteiger partial charge in [-0.3, -0.25) is 4.55 Å². The topological polar surface area (TPSA) is 54.4 Å². The van der Waals surface area contributed by atoms with Gasteiger partial charge in [0.2, 0.25) is 0 Å². The van der Waals surface area contributed by atoms with Crippen LogP contribution in [0.1, 0.15) is 148 Å². The van der Waals surface area contributed by atoms with Crippen LogP contribution in [0.2, 0.25) is 0 Å². The third-order valence-corrected chi connectivity index (χ3v) is 7.95. The standard InChI is InChI=1S/C26H56N.C8H8O3S/c1-5-7-9-11-13-15-17-19-21-23-25-27(3,4)26-24-22-20-18-16-14-12-10-8-6-2;9-12(10,11)7-6-8-4-2-1-3-5-8/h5-26H2,1-4H3;1-7H,(H,9,10,11)/q+1;. The molecule has 0 saturated heterocycles. The van der Waals surface area contributed by atoms with Crippen molar-refractivity contribution in [3.05, 3.63) is 41.3 Å².